The molecule has 0 radical (unpaired) electrons. The van der Waals surface area contributed by atoms with Crippen molar-refractivity contribution in [1.29, 1.82) is 5.26 Å². The molecule has 0 bridgehead atoms. The van der Waals surface area contributed by atoms with Gasteiger partial charge in [-0.1, -0.05) is 24.3 Å². The molecule has 1 N–H and O–H groups in total. The number of nitriles is 1. The van der Waals surface area contributed by atoms with E-state index in [-0.39, 0.29) is 0 Å². The highest BCUT2D eigenvalue weighted by atomic mass is 32.1. The van der Waals surface area contributed by atoms with E-state index in [0.29, 0.717) is 0 Å². The molecule has 96 valence electrons. The molecule has 0 fully saturated rings. The van der Waals surface area contributed by atoms with Gasteiger partial charge in [0.1, 0.15) is 11.5 Å². The molecule has 0 spiro atoms. The second kappa shape index (κ2) is 4.80. The number of nitrogens with zero attached hydrogens (tertiary/aromatic N) is 1. The van der Waals surface area contributed by atoms with Crippen LogP contribution in [0.1, 0.15) is 35.6 Å². The van der Waals surface area contributed by atoms with Gasteiger partial charge >= 0.3 is 0 Å². The first kappa shape index (κ1) is 12.4. The number of fused-ring (bicyclic) bond motifs is 1. The van der Waals surface area contributed by atoms with Crippen LogP contribution in [0.4, 0.5) is 0 Å². The molecular formula is C16H15NOS. The summed E-state index contributed by atoms with van der Waals surface area (Å²) in [6, 6.07) is 12.3. The molecular weight excluding hydrogens is 254 g/mol. The molecule has 0 saturated heterocycles. The van der Waals surface area contributed by atoms with Crippen molar-refractivity contribution in [2.24, 2.45) is 0 Å². The standard InChI is InChI=1S/C16H15NOS/c17-11-16(15(18)13-7-9-19-10-13)8-3-5-12-4-1-2-6-14(12)16/h1-2,4,6-7,9-10,15,18H,3,5,8H2. The van der Waals surface area contributed by atoms with Crippen molar-refractivity contribution in [3.05, 3.63) is 57.8 Å². The topological polar surface area (TPSA) is 44.0 Å². The Bertz CT molecular complexity index is 614. The Morgan fingerprint density at radius 3 is 2.89 bits per heavy atom. The molecule has 2 atom stereocenters. The molecule has 19 heavy (non-hydrogen) atoms. The van der Waals surface area contributed by atoms with Gasteiger partial charge in [-0.25, -0.2) is 0 Å². The molecule has 2 unspecified atom stereocenters. The minimum atomic E-state index is -0.796. The minimum absolute atomic E-state index is 0.720. The average molecular weight is 269 g/mol. The lowest BCUT2D eigenvalue weighted by Crippen LogP contribution is -2.35. The lowest BCUT2D eigenvalue weighted by molar-refractivity contribution is 0.1000. The Morgan fingerprint density at radius 1 is 1.32 bits per heavy atom. The zero-order valence-electron chi connectivity index (χ0n) is 10.5. The molecule has 3 heteroatoms. The van der Waals surface area contributed by atoms with Crippen LogP contribution in [0.25, 0.3) is 0 Å². The van der Waals surface area contributed by atoms with Crippen LogP contribution < -0.4 is 0 Å². The van der Waals surface area contributed by atoms with Crippen LogP contribution in [0.5, 0.6) is 0 Å². The minimum Gasteiger partial charge on any atom is -0.386 e. The van der Waals surface area contributed by atoms with Crippen LogP contribution in [0.3, 0.4) is 0 Å². The third kappa shape index (κ3) is 1.88. The summed E-state index contributed by atoms with van der Waals surface area (Å²) in [5.74, 6) is 0. The van der Waals surface area contributed by atoms with Crippen molar-refractivity contribution in [2.45, 2.75) is 30.8 Å². The maximum Gasteiger partial charge on any atom is 0.112 e. The van der Waals surface area contributed by atoms with E-state index < -0.39 is 11.5 Å². The first-order chi connectivity index (χ1) is 9.28. The van der Waals surface area contributed by atoms with Gasteiger partial charge in [-0.2, -0.15) is 16.6 Å². The van der Waals surface area contributed by atoms with E-state index in [1.807, 2.05) is 35.0 Å². The molecule has 1 aliphatic rings. The second-order valence-electron chi connectivity index (χ2n) is 5.05. The highest BCUT2D eigenvalue weighted by Crippen LogP contribution is 2.45. The Hall–Kier alpha value is -1.63. The summed E-state index contributed by atoms with van der Waals surface area (Å²) >= 11 is 1.55. The largest absolute Gasteiger partial charge is 0.386 e. The highest BCUT2D eigenvalue weighted by molar-refractivity contribution is 7.07. The number of hydrogen-bond acceptors (Lipinski definition) is 3. The highest BCUT2D eigenvalue weighted by Gasteiger charge is 2.43. The summed E-state index contributed by atoms with van der Waals surface area (Å²) in [5, 5.41) is 24.3. The van der Waals surface area contributed by atoms with E-state index in [4.69, 9.17) is 0 Å². The van der Waals surface area contributed by atoms with Gasteiger partial charge in [-0.3, -0.25) is 0 Å². The molecule has 1 aliphatic carbocycles. The maximum absolute atomic E-state index is 10.7. The van der Waals surface area contributed by atoms with E-state index in [2.05, 4.69) is 12.1 Å². The Balaban J connectivity index is 2.13. The zero-order valence-corrected chi connectivity index (χ0v) is 11.4. The second-order valence-corrected chi connectivity index (χ2v) is 5.83. The van der Waals surface area contributed by atoms with Crippen molar-refractivity contribution < 1.29 is 5.11 Å². The number of thiophene rings is 1. The predicted molar refractivity (Wildman–Crippen MR) is 75.9 cm³/mol. The van der Waals surface area contributed by atoms with Crippen LogP contribution in [0.15, 0.2) is 41.1 Å². The summed E-state index contributed by atoms with van der Waals surface area (Å²) in [5.41, 5.74) is 2.26. The van der Waals surface area contributed by atoms with Crippen molar-refractivity contribution in [1.82, 2.24) is 0 Å². The molecule has 0 amide bonds. The van der Waals surface area contributed by atoms with Crippen molar-refractivity contribution >= 4 is 11.3 Å². The Labute approximate surface area is 116 Å². The smallest absolute Gasteiger partial charge is 0.112 e. The van der Waals surface area contributed by atoms with Gasteiger partial charge in [0, 0.05) is 0 Å². The number of aliphatic hydroxyl groups excluding tert-OH is 1. The van der Waals surface area contributed by atoms with Gasteiger partial charge in [-0.15, -0.1) is 0 Å². The normalized spacial score (nSPS) is 23.4. The summed E-state index contributed by atoms with van der Waals surface area (Å²) < 4.78 is 0. The molecule has 0 aliphatic heterocycles. The van der Waals surface area contributed by atoms with Crippen LogP contribution in [-0.4, -0.2) is 5.11 Å². The monoisotopic (exact) mass is 269 g/mol. The molecule has 1 aromatic carbocycles. The number of aliphatic hydroxyl groups is 1. The molecule has 0 saturated carbocycles. The lowest BCUT2D eigenvalue weighted by atomic mass is 9.66. The molecule has 2 nitrogen and oxygen atoms in total. The number of rotatable bonds is 2. The van der Waals surface area contributed by atoms with Crippen molar-refractivity contribution in [2.75, 3.05) is 0 Å². The van der Waals surface area contributed by atoms with Gasteiger partial charge in [-0.05, 0) is 52.8 Å². The number of hydrogen-bond donors (Lipinski definition) is 1. The zero-order chi connectivity index (χ0) is 13.3. The van der Waals surface area contributed by atoms with E-state index >= 15 is 0 Å². The molecule has 1 aromatic heterocycles. The van der Waals surface area contributed by atoms with Gasteiger partial charge in [0.2, 0.25) is 0 Å². The van der Waals surface area contributed by atoms with Crippen LogP contribution in [0, 0.1) is 11.3 Å². The van der Waals surface area contributed by atoms with E-state index in [1.165, 1.54) is 5.56 Å². The van der Waals surface area contributed by atoms with Gasteiger partial charge in [0.05, 0.1) is 6.07 Å². The Kier molecular flexibility index (Phi) is 3.14. The van der Waals surface area contributed by atoms with E-state index in [9.17, 15) is 10.4 Å². The number of aryl methyl sites for hydroxylation is 1. The van der Waals surface area contributed by atoms with Crippen molar-refractivity contribution in [3.63, 3.8) is 0 Å². The maximum atomic E-state index is 10.7. The van der Waals surface area contributed by atoms with Crippen LogP contribution >= 0.6 is 11.3 Å². The first-order valence-electron chi connectivity index (χ1n) is 6.48. The third-order valence-corrected chi connectivity index (χ3v) is 4.74. The quantitative estimate of drug-likeness (QED) is 0.905. The summed E-state index contributed by atoms with van der Waals surface area (Å²) in [7, 11) is 0. The predicted octanol–water partition coefficient (Wildman–Crippen LogP) is 3.58. The number of benzene rings is 1. The van der Waals surface area contributed by atoms with Crippen LogP contribution in [-0.2, 0) is 11.8 Å². The summed E-state index contributed by atoms with van der Waals surface area (Å²) in [6.45, 7) is 0. The summed E-state index contributed by atoms with van der Waals surface area (Å²) in [4.78, 5) is 0. The summed E-state index contributed by atoms with van der Waals surface area (Å²) in [6.07, 6.45) is 1.92. The molecule has 3 rings (SSSR count). The molecule has 1 heterocycles. The SMILES string of the molecule is N#CC1(C(O)c2ccsc2)CCCc2ccccc21. The van der Waals surface area contributed by atoms with Crippen LogP contribution in [0.2, 0.25) is 0 Å². The average Bonchev–Trinajstić information content (AvgIpc) is 3.00. The fraction of sp³-hybridized carbons (Fsp3) is 0.312. The van der Waals surface area contributed by atoms with E-state index in [1.54, 1.807) is 11.3 Å². The fourth-order valence-corrected chi connectivity index (χ4v) is 3.72. The lowest BCUT2D eigenvalue weighted by Gasteiger charge is -2.37. The van der Waals surface area contributed by atoms with Crippen molar-refractivity contribution in [3.8, 4) is 6.07 Å². The van der Waals surface area contributed by atoms with Gasteiger partial charge in [0.15, 0.2) is 0 Å². The Morgan fingerprint density at radius 2 is 2.16 bits per heavy atom. The fourth-order valence-electron chi connectivity index (χ4n) is 3.04. The van der Waals surface area contributed by atoms with Gasteiger partial charge in [0.25, 0.3) is 0 Å². The third-order valence-electron chi connectivity index (χ3n) is 4.04. The van der Waals surface area contributed by atoms with E-state index in [0.717, 1.165) is 30.4 Å². The first-order valence-corrected chi connectivity index (χ1v) is 7.42. The molecule has 2 aromatic rings. The van der Waals surface area contributed by atoms with Gasteiger partial charge < -0.3 is 5.11 Å².